The number of carbonyl (C=O) groups is 3. The molecule has 3 amide bonds. The third kappa shape index (κ3) is 9.18. The van der Waals surface area contributed by atoms with E-state index < -0.39 is 11.8 Å². The lowest BCUT2D eigenvalue weighted by atomic mass is 9.87. The van der Waals surface area contributed by atoms with E-state index in [1.165, 1.54) is 0 Å². The van der Waals surface area contributed by atoms with E-state index in [2.05, 4.69) is 42.3 Å². The van der Waals surface area contributed by atoms with Crippen LogP contribution in [0.1, 0.15) is 64.3 Å². The van der Waals surface area contributed by atoms with Crippen molar-refractivity contribution in [3.63, 3.8) is 0 Å². The van der Waals surface area contributed by atoms with Gasteiger partial charge in [-0.2, -0.15) is 0 Å². The summed E-state index contributed by atoms with van der Waals surface area (Å²) in [5, 5.41) is 5.24. The lowest BCUT2D eigenvalue weighted by Gasteiger charge is -2.19. The maximum Gasteiger partial charge on any atom is 0.269 e. The minimum absolute atomic E-state index is 0.000726. The summed E-state index contributed by atoms with van der Waals surface area (Å²) in [6, 6.07) is 20.5. The highest BCUT2D eigenvalue weighted by atomic mass is 32.1. The van der Waals surface area contributed by atoms with Crippen LogP contribution in [0.5, 0.6) is 5.75 Å². The van der Waals surface area contributed by atoms with Gasteiger partial charge in [-0.25, -0.2) is 0 Å². The molecule has 0 fully saturated rings. The predicted molar refractivity (Wildman–Crippen MR) is 159 cm³/mol. The molecule has 3 aromatic carbocycles. The average molecular weight is 563 g/mol. The number of ether oxygens (including phenoxy) is 2. The zero-order valence-electron chi connectivity index (χ0n) is 23.0. The van der Waals surface area contributed by atoms with Gasteiger partial charge < -0.3 is 14.8 Å². The van der Waals surface area contributed by atoms with Crippen molar-refractivity contribution in [2.24, 2.45) is 0 Å². The zero-order chi connectivity index (χ0) is 29.1. The van der Waals surface area contributed by atoms with Gasteiger partial charge in [0, 0.05) is 29.0 Å². The molecule has 3 aromatic rings. The van der Waals surface area contributed by atoms with Crippen molar-refractivity contribution in [2.75, 3.05) is 25.1 Å². The van der Waals surface area contributed by atoms with Gasteiger partial charge in [-0.05, 0) is 84.7 Å². The molecule has 210 valence electrons. The zero-order valence-corrected chi connectivity index (χ0v) is 23.8. The molecule has 0 heterocycles. The summed E-state index contributed by atoms with van der Waals surface area (Å²) in [6.07, 6.45) is 0. The second-order valence-electron chi connectivity index (χ2n) is 9.79. The van der Waals surface area contributed by atoms with Gasteiger partial charge in [0.1, 0.15) is 12.4 Å². The first kappa shape index (κ1) is 30.3. The second-order valence-corrected chi connectivity index (χ2v) is 10.2. The molecule has 0 radical (unpaired) electrons. The van der Waals surface area contributed by atoms with Crippen LogP contribution in [0.15, 0.2) is 72.8 Å². The number of amides is 3. The third-order valence-electron chi connectivity index (χ3n) is 5.73. The summed E-state index contributed by atoms with van der Waals surface area (Å²) in [4.78, 5) is 37.6. The fraction of sp³-hybridized carbons (Fsp3) is 0.267. The van der Waals surface area contributed by atoms with Crippen LogP contribution < -0.4 is 26.2 Å². The number of nitrogens with one attached hydrogen (secondary N) is 4. The normalized spacial score (nSPS) is 10.8. The summed E-state index contributed by atoms with van der Waals surface area (Å²) in [6.45, 7) is 9.65. The smallest absolute Gasteiger partial charge is 0.269 e. The molecule has 3 rings (SSSR count). The highest BCUT2D eigenvalue weighted by Gasteiger charge is 2.15. The van der Waals surface area contributed by atoms with Crippen LogP contribution in [-0.2, 0) is 10.2 Å². The van der Waals surface area contributed by atoms with Gasteiger partial charge in [-0.15, -0.1) is 0 Å². The summed E-state index contributed by atoms with van der Waals surface area (Å²) < 4.78 is 10.8. The van der Waals surface area contributed by atoms with Crippen LogP contribution in [0.3, 0.4) is 0 Å². The molecule has 0 saturated carbocycles. The number of benzene rings is 3. The molecule has 0 bridgehead atoms. The first-order valence-electron chi connectivity index (χ1n) is 12.8. The fourth-order valence-electron chi connectivity index (χ4n) is 3.51. The molecule has 0 aliphatic carbocycles. The third-order valence-corrected chi connectivity index (χ3v) is 5.94. The van der Waals surface area contributed by atoms with Gasteiger partial charge in [0.15, 0.2) is 5.11 Å². The van der Waals surface area contributed by atoms with Gasteiger partial charge in [0.25, 0.3) is 17.7 Å². The van der Waals surface area contributed by atoms with E-state index in [1.54, 1.807) is 60.7 Å². The number of hydrogen-bond acceptors (Lipinski definition) is 6. The van der Waals surface area contributed by atoms with Crippen molar-refractivity contribution >= 4 is 40.7 Å². The largest absolute Gasteiger partial charge is 0.491 e. The number of anilines is 1. The second kappa shape index (κ2) is 14.2. The highest BCUT2D eigenvalue weighted by Crippen LogP contribution is 2.22. The summed E-state index contributed by atoms with van der Waals surface area (Å²) in [5.74, 6) is -0.660. The van der Waals surface area contributed by atoms with Crippen LogP contribution in [0.25, 0.3) is 0 Å². The molecule has 4 N–H and O–H groups in total. The molecule has 0 atom stereocenters. The molecule has 0 aliphatic heterocycles. The van der Waals surface area contributed by atoms with Gasteiger partial charge in [-0.1, -0.05) is 39.0 Å². The van der Waals surface area contributed by atoms with Crippen LogP contribution in [0.4, 0.5) is 5.69 Å². The van der Waals surface area contributed by atoms with Crippen molar-refractivity contribution in [3.05, 3.63) is 95.1 Å². The van der Waals surface area contributed by atoms with Crippen molar-refractivity contribution in [1.29, 1.82) is 0 Å². The van der Waals surface area contributed by atoms with Crippen LogP contribution in [-0.4, -0.2) is 42.7 Å². The fourth-order valence-corrected chi connectivity index (χ4v) is 3.66. The molecular formula is C30H34N4O5S. The molecule has 0 aliphatic rings. The Morgan fingerprint density at radius 3 is 2.08 bits per heavy atom. The van der Waals surface area contributed by atoms with E-state index in [4.69, 9.17) is 21.7 Å². The molecule has 10 heteroatoms. The van der Waals surface area contributed by atoms with Crippen molar-refractivity contribution in [1.82, 2.24) is 16.2 Å². The molecule has 0 saturated heterocycles. The Morgan fingerprint density at radius 2 is 1.43 bits per heavy atom. The van der Waals surface area contributed by atoms with Crippen molar-refractivity contribution in [2.45, 2.75) is 33.1 Å². The van der Waals surface area contributed by atoms with Gasteiger partial charge >= 0.3 is 0 Å². The SMILES string of the molecule is CCOCCOc1cccc(C(=O)NC(=S)NNC(=O)c2ccc(NC(=O)c3ccc(C(C)(C)C)cc3)cc2)c1. The van der Waals surface area contributed by atoms with E-state index in [0.717, 1.165) is 5.56 Å². The van der Waals surface area contributed by atoms with E-state index in [9.17, 15) is 14.4 Å². The predicted octanol–water partition coefficient (Wildman–Crippen LogP) is 4.60. The monoisotopic (exact) mass is 562 g/mol. The van der Waals surface area contributed by atoms with Crippen molar-refractivity contribution < 1.29 is 23.9 Å². The Balaban J connectivity index is 1.46. The quantitative estimate of drug-likeness (QED) is 0.171. The van der Waals surface area contributed by atoms with Gasteiger partial charge in [-0.3, -0.25) is 30.6 Å². The Labute approximate surface area is 239 Å². The Hall–Kier alpha value is -4.28. The van der Waals surface area contributed by atoms with Gasteiger partial charge in [0.2, 0.25) is 0 Å². The van der Waals surface area contributed by atoms with E-state index >= 15 is 0 Å². The average Bonchev–Trinajstić information content (AvgIpc) is 2.94. The minimum atomic E-state index is -0.475. The van der Waals surface area contributed by atoms with Crippen LogP contribution in [0.2, 0.25) is 0 Å². The first-order chi connectivity index (χ1) is 19.1. The number of rotatable bonds is 9. The summed E-state index contributed by atoms with van der Waals surface area (Å²) in [5.41, 5.74) is 7.83. The minimum Gasteiger partial charge on any atom is -0.491 e. The highest BCUT2D eigenvalue weighted by molar-refractivity contribution is 7.80. The maximum absolute atomic E-state index is 12.6. The topological polar surface area (TPSA) is 118 Å². The standard InChI is InChI=1S/C30H34N4O5S/c1-5-38-17-18-39-25-8-6-7-22(19-25)27(36)32-29(40)34-33-28(37)21-11-15-24(16-12-21)31-26(35)20-9-13-23(14-10-20)30(2,3)4/h6-16,19H,5,17-18H2,1-4H3,(H,31,35)(H,33,37)(H2,32,34,36,40). The maximum atomic E-state index is 12.6. The summed E-state index contributed by atoms with van der Waals surface area (Å²) in [7, 11) is 0. The molecule has 0 unspecified atom stereocenters. The van der Waals surface area contributed by atoms with E-state index in [0.29, 0.717) is 47.9 Å². The lowest BCUT2D eigenvalue weighted by molar-refractivity contribution is 0.0934. The number of thiocarbonyl (C=S) groups is 1. The summed E-state index contributed by atoms with van der Waals surface area (Å²) >= 11 is 5.12. The van der Waals surface area contributed by atoms with E-state index in [1.807, 2.05) is 19.1 Å². The van der Waals surface area contributed by atoms with Crippen LogP contribution >= 0.6 is 12.2 Å². The first-order valence-corrected chi connectivity index (χ1v) is 13.2. The molecule has 0 aromatic heterocycles. The molecule has 40 heavy (non-hydrogen) atoms. The Kier molecular flexibility index (Phi) is 10.7. The molecule has 9 nitrogen and oxygen atoms in total. The Morgan fingerprint density at radius 1 is 0.775 bits per heavy atom. The molecule has 0 spiro atoms. The van der Waals surface area contributed by atoms with Gasteiger partial charge in [0.05, 0.1) is 6.61 Å². The lowest BCUT2D eigenvalue weighted by Crippen LogP contribution is -2.48. The Bertz CT molecular complexity index is 1340. The number of hydrazine groups is 1. The van der Waals surface area contributed by atoms with Crippen molar-refractivity contribution in [3.8, 4) is 5.75 Å². The molecular weight excluding hydrogens is 528 g/mol. The number of hydrogen-bond donors (Lipinski definition) is 4. The number of carbonyl (C=O) groups excluding carboxylic acids is 3. The van der Waals surface area contributed by atoms with Crippen LogP contribution in [0, 0.1) is 0 Å². The van der Waals surface area contributed by atoms with E-state index in [-0.39, 0.29) is 16.4 Å².